The van der Waals surface area contributed by atoms with Crippen molar-refractivity contribution in [1.82, 2.24) is 0 Å². The van der Waals surface area contributed by atoms with E-state index in [2.05, 4.69) is 65.8 Å². The van der Waals surface area contributed by atoms with E-state index in [9.17, 15) is 0 Å². The Balaban J connectivity index is 1.61. The summed E-state index contributed by atoms with van der Waals surface area (Å²) in [4.78, 5) is 0. The van der Waals surface area contributed by atoms with Crippen LogP contribution in [-0.4, -0.2) is 0 Å². The largest absolute Gasteiger partial charge is 0.456 e. The summed E-state index contributed by atoms with van der Waals surface area (Å²) in [5.41, 5.74) is 8.02. The first kappa shape index (κ1) is 43.4. The molecule has 0 radical (unpaired) electrons. The van der Waals surface area contributed by atoms with E-state index in [-0.39, 0.29) is 0 Å². The average molecular weight is 675 g/mol. The second kappa shape index (κ2) is 28.9. The zero-order chi connectivity index (χ0) is 35.4. The minimum Gasteiger partial charge on any atom is -0.456 e. The van der Waals surface area contributed by atoms with Gasteiger partial charge in [-0.25, -0.2) is 0 Å². The Kier molecular flexibility index (Phi) is 25.6. The predicted octanol–water partition coefficient (Wildman–Crippen LogP) is 16.8. The minimum absolute atomic E-state index is 1.05. The molecular weight excluding hydrogens is 593 g/mol. The number of ether oxygens (including phenoxy) is 1. The molecule has 0 bridgehead atoms. The predicted molar refractivity (Wildman–Crippen MR) is 220 cm³/mol. The van der Waals surface area contributed by atoms with Gasteiger partial charge in [-0.3, -0.25) is 0 Å². The number of unbranched alkanes of at least 4 members (excludes halogenated alkanes) is 26. The third-order valence-corrected chi connectivity index (χ3v) is 10.9. The Morgan fingerprint density at radius 2 is 0.510 bits per heavy atom. The highest BCUT2D eigenvalue weighted by Crippen LogP contribution is 2.35. The Morgan fingerprint density at radius 1 is 0.306 bits per heavy atom. The van der Waals surface area contributed by atoms with E-state index in [1.54, 1.807) is 0 Å². The second-order valence-electron chi connectivity index (χ2n) is 15.9. The average Bonchev–Trinajstić information content (AvgIpc) is 3.07. The minimum atomic E-state index is 1.05. The van der Waals surface area contributed by atoms with Gasteiger partial charge in [0.1, 0.15) is 11.5 Å². The van der Waals surface area contributed by atoms with Crippen molar-refractivity contribution in [2.24, 2.45) is 0 Å². The fourth-order valence-corrected chi connectivity index (χ4v) is 7.84. The lowest BCUT2D eigenvalue weighted by molar-refractivity contribution is 0.467. The van der Waals surface area contributed by atoms with E-state index in [1.807, 2.05) is 0 Å². The van der Waals surface area contributed by atoms with Crippen molar-refractivity contribution in [3.05, 3.63) is 57.6 Å². The first-order chi connectivity index (χ1) is 24.0. The SMILES string of the molecule is CCCCCCCCCCCCCCCCc1cc(C)c(Oc2c(C)cc(CCCCCCCCCCCCCCCC)cc2C)c(C)c1. The van der Waals surface area contributed by atoms with Crippen LogP contribution in [0.15, 0.2) is 24.3 Å². The Bertz CT molecular complexity index is 949. The molecule has 0 heterocycles. The van der Waals surface area contributed by atoms with E-state index in [0.717, 1.165) is 11.5 Å². The van der Waals surface area contributed by atoms with E-state index >= 15 is 0 Å². The molecule has 2 aromatic carbocycles. The monoisotopic (exact) mass is 675 g/mol. The Morgan fingerprint density at radius 3 is 0.735 bits per heavy atom. The van der Waals surface area contributed by atoms with Crippen LogP contribution < -0.4 is 4.74 Å². The van der Waals surface area contributed by atoms with Crippen LogP contribution in [0.4, 0.5) is 0 Å². The topological polar surface area (TPSA) is 9.23 Å². The van der Waals surface area contributed by atoms with Gasteiger partial charge in [-0.05, 0) is 86.8 Å². The van der Waals surface area contributed by atoms with Gasteiger partial charge in [0.05, 0.1) is 0 Å². The highest BCUT2D eigenvalue weighted by Gasteiger charge is 2.13. The zero-order valence-corrected chi connectivity index (χ0v) is 33.9. The molecule has 0 spiro atoms. The molecule has 2 aromatic rings. The van der Waals surface area contributed by atoms with Gasteiger partial charge in [0, 0.05) is 0 Å². The molecule has 0 atom stereocenters. The van der Waals surface area contributed by atoms with Crippen LogP contribution in [0.1, 0.15) is 227 Å². The molecule has 1 nitrogen and oxygen atoms in total. The lowest BCUT2D eigenvalue weighted by atomic mass is 9.99. The molecule has 0 fully saturated rings. The van der Waals surface area contributed by atoms with Crippen LogP contribution in [-0.2, 0) is 12.8 Å². The van der Waals surface area contributed by atoms with Gasteiger partial charge in [-0.15, -0.1) is 0 Å². The number of benzene rings is 2. The van der Waals surface area contributed by atoms with E-state index in [4.69, 9.17) is 4.74 Å². The van der Waals surface area contributed by atoms with Crippen molar-refractivity contribution >= 4 is 0 Å². The highest BCUT2D eigenvalue weighted by atomic mass is 16.5. The molecule has 1 heteroatoms. The van der Waals surface area contributed by atoms with E-state index in [1.165, 1.54) is 226 Å². The fraction of sp³-hybridized carbons (Fsp3) is 0.750. The van der Waals surface area contributed by atoms with E-state index < -0.39 is 0 Å². The van der Waals surface area contributed by atoms with Crippen LogP contribution in [0.25, 0.3) is 0 Å². The molecule has 0 amide bonds. The molecule has 0 unspecified atom stereocenters. The number of rotatable bonds is 32. The molecule has 0 aliphatic carbocycles. The lowest BCUT2D eigenvalue weighted by Gasteiger charge is -2.18. The van der Waals surface area contributed by atoms with Crippen molar-refractivity contribution in [1.29, 1.82) is 0 Å². The standard InChI is InChI=1S/C48H82O/c1-7-9-11-13-15-17-19-21-23-25-27-29-31-33-35-45-37-41(3)47(42(4)38-45)49-48-43(5)39-46(40-44(48)6)36-34-32-30-28-26-24-22-20-18-16-14-12-10-8-2/h37-40H,7-36H2,1-6H3. The summed E-state index contributed by atoms with van der Waals surface area (Å²) in [5, 5.41) is 0. The van der Waals surface area contributed by atoms with Crippen molar-refractivity contribution in [2.45, 2.75) is 234 Å². The summed E-state index contributed by atoms with van der Waals surface area (Å²) in [5.74, 6) is 2.10. The van der Waals surface area contributed by atoms with Crippen molar-refractivity contribution < 1.29 is 4.74 Å². The summed E-state index contributed by atoms with van der Waals surface area (Å²) in [6.45, 7) is 13.5. The molecule has 0 aromatic heterocycles. The molecule has 2 rings (SSSR count). The maximum Gasteiger partial charge on any atom is 0.133 e. The Hall–Kier alpha value is -1.76. The molecular formula is C48H82O. The van der Waals surface area contributed by atoms with Crippen LogP contribution in [0, 0.1) is 27.7 Å². The summed E-state index contributed by atoms with van der Waals surface area (Å²) >= 11 is 0. The van der Waals surface area contributed by atoms with Crippen molar-refractivity contribution in [3.63, 3.8) is 0 Å². The molecule has 0 aliphatic heterocycles. The van der Waals surface area contributed by atoms with Crippen LogP contribution in [0.3, 0.4) is 0 Å². The quantitative estimate of drug-likeness (QED) is 0.0702. The van der Waals surface area contributed by atoms with Gasteiger partial charge < -0.3 is 4.74 Å². The Labute approximate surface area is 307 Å². The maximum atomic E-state index is 6.67. The smallest absolute Gasteiger partial charge is 0.133 e. The summed E-state index contributed by atoms with van der Waals surface area (Å²) in [7, 11) is 0. The molecule has 280 valence electrons. The van der Waals surface area contributed by atoms with Gasteiger partial charge in [-0.2, -0.15) is 0 Å². The normalized spacial score (nSPS) is 11.5. The highest BCUT2D eigenvalue weighted by molar-refractivity contribution is 5.50. The number of hydrogen-bond acceptors (Lipinski definition) is 1. The van der Waals surface area contributed by atoms with E-state index in [0.29, 0.717) is 0 Å². The summed E-state index contributed by atoms with van der Waals surface area (Å²) in [6.07, 6.45) is 42.0. The first-order valence-electron chi connectivity index (χ1n) is 21.8. The van der Waals surface area contributed by atoms with Crippen LogP contribution >= 0.6 is 0 Å². The van der Waals surface area contributed by atoms with Gasteiger partial charge in [0.25, 0.3) is 0 Å². The zero-order valence-electron chi connectivity index (χ0n) is 33.9. The van der Waals surface area contributed by atoms with Gasteiger partial charge in [0.2, 0.25) is 0 Å². The summed E-state index contributed by atoms with van der Waals surface area (Å²) in [6, 6.07) is 9.50. The van der Waals surface area contributed by atoms with Gasteiger partial charge >= 0.3 is 0 Å². The first-order valence-corrected chi connectivity index (χ1v) is 21.8. The second-order valence-corrected chi connectivity index (χ2v) is 15.9. The molecule has 49 heavy (non-hydrogen) atoms. The van der Waals surface area contributed by atoms with Crippen molar-refractivity contribution in [3.8, 4) is 11.5 Å². The maximum absolute atomic E-state index is 6.67. The van der Waals surface area contributed by atoms with Gasteiger partial charge in [0.15, 0.2) is 0 Å². The molecule has 0 saturated carbocycles. The molecule has 0 N–H and O–H groups in total. The lowest BCUT2D eigenvalue weighted by Crippen LogP contribution is -1.99. The van der Waals surface area contributed by atoms with Crippen LogP contribution in [0.5, 0.6) is 11.5 Å². The number of hydrogen-bond donors (Lipinski definition) is 0. The third kappa shape index (κ3) is 20.6. The molecule has 0 saturated heterocycles. The molecule has 0 aliphatic rings. The van der Waals surface area contributed by atoms with Gasteiger partial charge in [-0.1, -0.05) is 205 Å². The third-order valence-electron chi connectivity index (χ3n) is 10.9. The number of aryl methyl sites for hydroxylation is 6. The van der Waals surface area contributed by atoms with Crippen LogP contribution in [0.2, 0.25) is 0 Å². The van der Waals surface area contributed by atoms with Crippen molar-refractivity contribution in [2.75, 3.05) is 0 Å². The summed E-state index contributed by atoms with van der Waals surface area (Å²) < 4.78 is 6.67. The fourth-order valence-electron chi connectivity index (χ4n) is 7.84.